The Kier molecular flexibility index (Phi) is 9.27. The van der Waals surface area contributed by atoms with E-state index in [4.69, 9.17) is 9.84 Å². The molecule has 0 radical (unpaired) electrons. The molecule has 0 spiro atoms. The van der Waals surface area contributed by atoms with Crippen molar-refractivity contribution in [3.8, 4) is 11.4 Å². The van der Waals surface area contributed by atoms with Crippen molar-refractivity contribution >= 4 is 23.4 Å². The van der Waals surface area contributed by atoms with Gasteiger partial charge in [0.15, 0.2) is 0 Å². The van der Waals surface area contributed by atoms with Crippen molar-refractivity contribution in [3.63, 3.8) is 0 Å². The lowest BCUT2D eigenvalue weighted by molar-refractivity contribution is -0.116. The summed E-state index contributed by atoms with van der Waals surface area (Å²) in [5, 5.41) is 10.2. The number of rotatable bonds is 10. The molecule has 37 heavy (non-hydrogen) atoms. The van der Waals surface area contributed by atoms with Crippen LogP contribution in [0.4, 0.5) is 20.7 Å². The first kappa shape index (κ1) is 27.7. The van der Waals surface area contributed by atoms with Crippen LogP contribution in [-0.2, 0) is 10.2 Å². The Morgan fingerprint density at radius 2 is 1.76 bits per heavy atom. The van der Waals surface area contributed by atoms with E-state index < -0.39 is 11.8 Å². The maximum atomic E-state index is 14.1. The summed E-state index contributed by atoms with van der Waals surface area (Å²) in [6.07, 6.45) is 2.60. The first-order valence-corrected chi connectivity index (χ1v) is 12.5. The van der Waals surface area contributed by atoms with Crippen molar-refractivity contribution in [3.05, 3.63) is 66.1 Å². The summed E-state index contributed by atoms with van der Waals surface area (Å²) in [5.41, 5.74) is 1.38. The standard InChI is InChI=1S/C28H36FN5O3/c1-6-7-10-17-33(27(36)30-23-12-9-8-11-22(23)29)19-26(35)31-25-18-24(28(2,3)4)32-34(25)20-13-15-21(37-5)16-14-20/h8-9,11-16,18H,6-7,10,17,19H2,1-5H3,(H,30,36)(H,31,35). The number of unbranched alkanes of at least 4 members (excludes halogenated alkanes) is 2. The van der Waals surface area contributed by atoms with Gasteiger partial charge in [0, 0.05) is 18.0 Å². The molecule has 1 aromatic heterocycles. The van der Waals surface area contributed by atoms with Crippen LogP contribution in [0, 0.1) is 5.82 Å². The molecule has 3 aromatic rings. The molecule has 9 heteroatoms. The molecule has 1 heterocycles. The topological polar surface area (TPSA) is 88.5 Å². The van der Waals surface area contributed by atoms with E-state index in [0.29, 0.717) is 18.1 Å². The van der Waals surface area contributed by atoms with Gasteiger partial charge in [-0.05, 0) is 42.8 Å². The Bertz CT molecular complexity index is 1200. The Labute approximate surface area is 217 Å². The lowest BCUT2D eigenvalue weighted by Crippen LogP contribution is -2.41. The third-order valence-electron chi connectivity index (χ3n) is 5.83. The molecule has 3 amide bonds. The normalized spacial score (nSPS) is 11.2. The number of ether oxygens (including phenoxy) is 1. The van der Waals surface area contributed by atoms with Crippen LogP contribution in [0.25, 0.3) is 5.69 Å². The molecule has 198 valence electrons. The van der Waals surface area contributed by atoms with Gasteiger partial charge in [-0.2, -0.15) is 5.10 Å². The minimum atomic E-state index is -0.535. The van der Waals surface area contributed by atoms with Gasteiger partial charge >= 0.3 is 6.03 Å². The smallest absolute Gasteiger partial charge is 0.322 e. The lowest BCUT2D eigenvalue weighted by Gasteiger charge is -2.23. The number of anilines is 2. The fourth-order valence-electron chi connectivity index (χ4n) is 3.67. The van der Waals surface area contributed by atoms with Crippen LogP contribution in [0.1, 0.15) is 52.7 Å². The predicted molar refractivity (Wildman–Crippen MR) is 144 cm³/mol. The van der Waals surface area contributed by atoms with Crippen LogP contribution in [0.3, 0.4) is 0 Å². The van der Waals surface area contributed by atoms with E-state index in [1.54, 1.807) is 23.9 Å². The van der Waals surface area contributed by atoms with Gasteiger partial charge in [-0.25, -0.2) is 13.9 Å². The minimum absolute atomic E-state index is 0.0702. The quantitative estimate of drug-likeness (QED) is 0.329. The van der Waals surface area contributed by atoms with E-state index >= 15 is 0 Å². The Morgan fingerprint density at radius 3 is 2.38 bits per heavy atom. The number of hydrogen-bond donors (Lipinski definition) is 2. The van der Waals surface area contributed by atoms with Crippen molar-refractivity contribution in [2.45, 2.75) is 52.4 Å². The molecule has 0 aliphatic heterocycles. The van der Waals surface area contributed by atoms with Gasteiger partial charge in [-0.15, -0.1) is 0 Å². The Balaban J connectivity index is 1.81. The molecule has 0 bridgehead atoms. The Morgan fingerprint density at radius 1 is 1.05 bits per heavy atom. The average Bonchev–Trinajstić information content (AvgIpc) is 3.29. The molecule has 8 nitrogen and oxygen atoms in total. The number of nitrogens with zero attached hydrogens (tertiary/aromatic N) is 3. The number of methoxy groups -OCH3 is 1. The first-order valence-electron chi connectivity index (χ1n) is 12.5. The van der Waals surface area contributed by atoms with Crippen LogP contribution in [0.5, 0.6) is 5.75 Å². The van der Waals surface area contributed by atoms with Crippen LogP contribution in [0.15, 0.2) is 54.6 Å². The summed E-state index contributed by atoms with van der Waals surface area (Å²) >= 11 is 0. The molecule has 0 saturated carbocycles. The van der Waals surface area contributed by atoms with E-state index in [2.05, 4.69) is 17.6 Å². The van der Waals surface area contributed by atoms with Crippen LogP contribution in [-0.4, -0.2) is 46.8 Å². The van der Waals surface area contributed by atoms with Crippen LogP contribution >= 0.6 is 0 Å². The summed E-state index contributed by atoms with van der Waals surface area (Å²) in [6.45, 7) is 8.37. The fraction of sp³-hybridized carbons (Fsp3) is 0.393. The van der Waals surface area contributed by atoms with Gasteiger partial charge in [0.1, 0.15) is 23.9 Å². The molecule has 0 atom stereocenters. The third kappa shape index (κ3) is 7.55. The van der Waals surface area contributed by atoms with E-state index in [1.807, 2.05) is 51.1 Å². The van der Waals surface area contributed by atoms with E-state index in [-0.39, 0.29) is 23.6 Å². The van der Waals surface area contributed by atoms with E-state index in [9.17, 15) is 14.0 Å². The highest BCUT2D eigenvalue weighted by molar-refractivity contribution is 5.96. The molecule has 3 rings (SSSR count). The zero-order chi connectivity index (χ0) is 27.0. The van der Waals surface area contributed by atoms with Crippen LogP contribution < -0.4 is 15.4 Å². The predicted octanol–water partition coefficient (Wildman–Crippen LogP) is 5.98. The molecule has 2 N–H and O–H groups in total. The highest BCUT2D eigenvalue weighted by Gasteiger charge is 2.23. The second-order valence-electron chi connectivity index (χ2n) is 9.86. The van der Waals surface area contributed by atoms with Crippen molar-refractivity contribution in [2.75, 3.05) is 30.8 Å². The van der Waals surface area contributed by atoms with Gasteiger partial charge in [0.25, 0.3) is 0 Å². The highest BCUT2D eigenvalue weighted by Crippen LogP contribution is 2.27. The van der Waals surface area contributed by atoms with Crippen molar-refractivity contribution in [2.24, 2.45) is 0 Å². The summed E-state index contributed by atoms with van der Waals surface area (Å²) in [5.74, 6) is 0.284. The van der Waals surface area contributed by atoms with Gasteiger partial charge in [-0.1, -0.05) is 52.7 Å². The van der Waals surface area contributed by atoms with E-state index in [1.165, 1.54) is 17.0 Å². The monoisotopic (exact) mass is 509 g/mol. The lowest BCUT2D eigenvalue weighted by atomic mass is 9.92. The van der Waals surface area contributed by atoms with Crippen molar-refractivity contribution in [1.29, 1.82) is 0 Å². The second kappa shape index (κ2) is 12.4. The molecule has 2 aromatic carbocycles. The summed E-state index contributed by atoms with van der Waals surface area (Å²) in [6, 6.07) is 14.6. The average molecular weight is 510 g/mol. The molecule has 0 saturated heterocycles. The minimum Gasteiger partial charge on any atom is -0.497 e. The molecule has 0 aliphatic rings. The largest absolute Gasteiger partial charge is 0.497 e. The van der Waals surface area contributed by atoms with Gasteiger partial charge < -0.3 is 20.3 Å². The maximum Gasteiger partial charge on any atom is 0.322 e. The molecule has 0 unspecified atom stereocenters. The van der Waals surface area contributed by atoms with Crippen molar-refractivity contribution < 1.29 is 18.7 Å². The summed E-state index contributed by atoms with van der Waals surface area (Å²) < 4.78 is 21.0. The number of para-hydroxylation sites is 1. The first-order chi connectivity index (χ1) is 17.6. The maximum absolute atomic E-state index is 14.1. The van der Waals surface area contributed by atoms with Gasteiger partial charge in [0.2, 0.25) is 5.91 Å². The number of urea groups is 1. The number of carbonyl (C=O) groups is 2. The number of nitrogens with one attached hydrogen (secondary N) is 2. The molecular formula is C28H36FN5O3. The SMILES string of the molecule is CCCCCN(CC(=O)Nc1cc(C(C)(C)C)nn1-c1ccc(OC)cc1)C(=O)Nc1ccccc1F. The number of hydrogen-bond acceptors (Lipinski definition) is 4. The molecular weight excluding hydrogens is 473 g/mol. The highest BCUT2D eigenvalue weighted by atomic mass is 19.1. The zero-order valence-corrected chi connectivity index (χ0v) is 22.2. The fourth-order valence-corrected chi connectivity index (χ4v) is 3.67. The van der Waals surface area contributed by atoms with Crippen molar-refractivity contribution in [1.82, 2.24) is 14.7 Å². The van der Waals surface area contributed by atoms with E-state index in [0.717, 1.165) is 30.6 Å². The number of carbonyl (C=O) groups excluding carboxylic acids is 2. The summed E-state index contributed by atoms with van der Waals surface area (Å²) in [7, 11) is 1.60. The summed E-state index contributed by atoms with van der Waals surface area (Å²) in [4.78, 5) is 27.5. The number of benzene rings is 2. The number of halogens is 1. The molecule has 0 fully saturated rings. The van der Waals surface area contributed by atoms with Gasteiger partial charge in [0.05, 0.1) is 24.2 Å². The number of amides is 3. The number of aromatic nitrogens is 2. The Hall–Kier alpha value is -3.88. The third-order valence-corrected chi connectivity index (χ3v) is 5.83. The second-order valence-corrected chi connectivity index (χ2v) is 9.86. The van der Waals surface area contributed by atoms with Gasteiger partial charge in [-0.3, -0.25) is 4.79 Å². The molecule has 0 aliphatic carbocycles. The zero-order valence-electron chi connectivity index (χ0n) is 22.2. The van der Waals surface area contributed by atoms with Crippen LogP contribution in [0.2, 0.25) is 0 Å².